The first-order valence-electron chi connectivity index (χ1n) is 9.18. The normalized spacial score (nSPS) is 11.1. The Balaban J connectivity index is 2.86. The number of halogens is 1. The fourth-order valence-electron chi connectivity index (χ4n) is 2.67. The number of unbranched alkanes of at least 4 members (excludes halogenated alkanes) is 3. The number of benzene rings is 1. The average molecular weight is 368 g/mol. The van der Waals surface area contributed by atoms with Crippen LogP contribution in [0.3, 0.4) is 0 Å². The third kappa shape index (κ3) is 5.44. The van der Waals surface area contributed by atoms with E-state index in [1.165, 1.54) is 13.2 Å². The molecule has 1 aromatic carbocycles. The third-order valence-electron chi connectivity index (χ3n) is 4.55. The topological polar surface area (TPSA) is 61.8 Å². The second-order valence-electron chi connectivity index (χ2n) is 6.17. The van der Waals surface area contributed by atoms with Crippen LogP contribution in [-0.2, 0) is 14.3 Å². The smallest absolute Gasteiger partial charge is 0.328 e. The van der Waals surface area contributed by atoms with E-state index in [4.69, 9.17) is 14.2 Å². The maximum absolute atomic E-state index is 13.3. The molecule has 0 aromatic heterocycles. The van der Waals surface area contributed by atoms with Gasteiger partial charge in [-0.3, -0.25) is 9.59 Å². The molecule has 0 heterocycles. The number of methoxy groups -OCH3 is 1. The van der Waals surface area contributed by atoms with E-state index in [0.29, 0.717) is 0 Å². The zero-order chi connectivity index (χ0) is 19.6. The van der Waals surface area contributed by atoms with Gasteiger partial charge in [0.1, 0.15) is 5.82 Å². The van der Waals surface area contributed by atoms with Gasteiger partial charge >= 0.3 is 11.9 Å². The van der Waals surface area contributed by atoms with Gasteiger partial charge in [0.25, 0.3) is 0 Å². The van der Waals surface area contributed by atoms with Crippen molar-refractivity contribution in [2.75, 3.05) is 13.7 Å². The van der Waals surface area contributed by atoms with Crippen molar-refractivity contribution < 1.29 is 28.2 Å². The summed E-state index contributed by atoms with van der Waals surface area (Å²) in [6.07, 6.45) is 4.42. The zero-order valence-corrected chi connectivity index (χ0v) is 16.1. The molecule has 0 bridgehead atoms. The fourth-order valence-corrected chi connectivity index (χ4v) is 2.67. The summed E-state index contributed by atoms with van der Waals surface area (Å²) in [5.74, 6) is -1.64. The maximum Gasteiger partial charge on any atom is 0.328 e. The Hall–Kier alpha value is -2.11. The van der Waals surface area contributed by atoms with Crippen LogP contribution in [0.4, 0.5) is 4.39 Å². The Morgan fingerprint density at radius 3 is 2.27 bits per heavy atom. The first-order chi connectivity index (χ1) is 12.4. The van der Waals surface area contributed by atoms with Gasteiger partial charge < -0.3 is 14.2 Å². The molecule has 5 nitrogen and oxygen atoms in total. The van der Waals surface area contributed by atoms with Gasteiger partial charge in [0.15, 0.2) is 16.9 Å². The van der Waals surface area contributed by atoms with Crippen molar-refractivity contribution in [3.8, 4) is 11.5 Å². The van der Waals surface area contributed by atoms with Gasteiger partial charge in [0.2, 0.25) is 0 Å². The average Bonchev–Trinajstić information content (AvgIpc) is 2.64. The molecule has 0 amide bonds. The molecule has 0 radical (unpaired) electrons. The second-order valence-corrected chi connectivity index (χ2v) is 6.17. The van der Waals surface area contributed by atoms with Crippen molar-refractivity contribution in [3.05, 3.63) is 24.0 Å². The summed E-state index contributed by atoms with van der Waals surface area (Å²) in [4.78, 5) is 25.3. The number of hydrogen-bond acceptors (Lipinski definition) is 5. The maximum atomic E-state index is 13.3. The number of ether oxygens (including phenoxy) is 3. The van der Waals surface area contributed by atoms with Gasteiger partial charge in [-0.1, -0.05) is 40.0 Å². The van der Waals surface area contributed by atoms with Gasteiger partial charge in [0, 0.05) is 6.07 Å². The first kappa shape index (κ1) is 21.9. The molecule has 0 N–H and O–H groups in total. The minimum Gasteiger partial charge on any atom is -0.493 e. The molecule has 0 spiro atoms. The van der Waals surface area contributed by atoms with Crippen LogP contribution < -0.4 is 9.47 Å². The van der Waals surface area contributed by atoms with Crippen molar-refractivity contribution in [3.63, 3.8) is 0 Å². The standard InChI is InChI=1S/C20H29FO5/c1-5-8-9-10-13-25-18(22)20(6-2,7-3)19(23)26-16-12-11-15(21)14-17(16)24-4/h11-12,14H,5-10,13H2,1-4H3. The van der Waals surface area contributed by atoms with E-state index >= 15 is 0 Å². The molecule has 1 rings (SSSR count). The highest BCUT2D eigenvalue weighted by atomic mass is 19.1. The van der Waals surface area contributed by atoms with Crippen LogP contribution in [0.15, 0.2) is 18.2 Å². The van der Waals surface area contributed by atoms with E-state index < -0.39 is 23.2 Å². The van der Waals surface area contributed by atoms with Crippen LogP contribution in [0, 0.1) is 11.2 Å². The molecule has 0 fully saturated rings. The summed E-state index contributed by atoms with van der Waals surface area (Å²) in [7, 11) is 1.35. The predicted molar refractivity (Wildman–Crippen MR) is 96.7 cm³/mol. The minimum atomic E-state index is -1.38. The lowest BCUT2D eigenvalue weighted by atomic mass is 9.82. The Labute approximate surface area is 154 Å². The molecule has 0 aliphatic rings. The summed E-state index contributed by atoms with van der Waals surface area (Å²) in [6, 6.07) is 3.59. The second kappa shape index (κ2) is 10.8. The number of rotatable bonds is 11. The van der Waals surface area contributed by atoms with Gasteiger partial charge in [0.05, 0.1) is 13.7 Å². The summed E-state index contributed by atoms with van der Waals surface area (Å²) in [6.45, 7) is 5.87. The third-order valence-corrected chi connectivity index (χ3v) is 4.55. The van der Waals surface area contributed by atoms with Gasteiger partial charge in [-0.15, -0.1) is 0 Å². The van der Waals surface area contributed by atoms with Crippen molar-refractivity contribution in [2.24, 2.45) is 5.41 Å². The molecule has 0 aliphatic carbocycles. The Kier molecular flexibility index (Phi) is 9.10. The minimum absolute atomic E-state index is 0.0703. The monoisotopic (exact) mass is 368 g/mol. The van der Waals surface area contributed by atoms with Crippen molar-refractivity contribution in [1.29, 1.82) is 0 Å². The zero-order valence-electron chi connectivity index (χ0n) is 16.1. The summed E-state index contributed by atoms with van der Waals surface area (Å²) in [5.41, 5.74) is -1.38. The van der Waals surface area contributed by atoms with Crippen molar-refractivity contribution >= 4 is 11.9 Å². The van der Waals surface area contributed by atoms with Crippen molar-refractivity contribution in [2.45, 2.75) is 59.3 Å². The number of hydrogen-bond donors (Lipinski definition) is 0. The van der Waals surface area contributed by atoms with Crippen LogP contribution in [-0.4, -0.2) is 25.7 Å². The number of esters is 2. The van der Waals surface area contributed by atoms with Crippen molar-refractivity contribution in [1.82, 2.24) is 0 Å². The van der Waals surface area contributed by atoms with E-state index in [1.54, 1.807) is 13.8 Å². The van der Waals surface area contributed by atoms with Gasteiger partial charge in [-0.25, -0.2) is 4.39 Å². The number of carbonyl (C=O) groups is 2. The molecule has 0 saturated heterocycles. The van der Waals surface area contributed by atoms with E-state index in [1.807, 2.05) is 0 Å². The van der Waals surface area contributed by atoms with E-state index in [9.17, 15) is 14.0 Å². The largest absolute Gasteiger partial charge is 0.493 e. The van der Waals surface area contributed by atoms with Gasteiger partial charge in [-0.05, 0) is 31.4 Å². The highest BCUT2D eigenvalue weighted by Gasteiger charge is 2.46. The Bertz CT molecular complexity index is 596. The lowest BCUT2D eigenvalue weighted by Crippen LogP contribution is -2.42. The number of carbonyl (C=O) groups excluding carboxylic acids is 2. The SMILES string of the molecule is CCCCCCOC(=O)C(CC)(CC)C(=O)Oc1ccc(F)cc1OC. The highest BCUT2D eigenvalue weighted by Crippen LogP contribution is 2.34. The lowest BCUT2D eigenvalue weighted by Gasteiger charge is -2.27. The summed E-state index contributed by atoms with van der Waals surface area (Å²) in [5, 5.41) is 0. The molecule has 6 heteroatoms. The molecule has 0 aliphatic heterocycles. The first-order valence-corrected chi connectivity index (χ1v) is 9.18. The van der Waals surface area contributed by atoms with E-state index in [2.05, 4.69) is 6.92 Å². The van der Waals surface area contributed by atoms with E-state index in [0.717, 1.165) is 37.8 Å². The molecular weight excluding hydrogens is 339 g/mol. The fraction of sp³-hybridized carbons (Fsp3) is 0.600. The highest BCUT2D eigenvalue weighted by molar-refractivity contribution is 6.00. The molecule has 1 aromatic rings. The molecule has 0 atom stereocenters. The van der Waals surface area contributed by atoms with E-state index in [-0.39, 0.29) is 30.9 Å². The molecular formula is C20H29FO5. The van der Waals surface area contributed by atoms with Crippen LogP contribution in [0.2, 0.25) is 0 Å². The predicted octanol–water partition coefficient (Wildman–Crippen LogP) is 4.67. The Morgan fingerprint density at radius 2 is 1.69 bits per heavy atom. The van der Waals surface area contributed by atoms with Crippen LogP contribution >= 0.6 is 0 Å². The van der Waals surface area contributed by atoms with Crippen LogP contribution in [0.5, 0.6) is 11.5 Å². The quantitative estimate of drug-likeness (QED) is 0.246. The lowest BCUT2D eigenvalue weighted by molar-refractivity contribution is -0.168. The molecule has 0 unspecified atom stereocenters. The van der Waals surface area contributed by atoms with Crippen LogP contribution in [0.1, 0.15) is 59.3 Å². The molecule has 0 saturated carbocycles. The van der Waals surface area contributed by atoms with Crippen LogP contribution in [0.25, 0.3) is 0 Å². The summed E-state index contributed by atoms with van der Waals surface area (Å²) >= 11 is 0. The Morgan fingerprint density at radius 1 is 1.00 bits per heavy atom. The van der Waals surface area contributed by atoms with Gasteiger partial charge in [-0.2, -0.15) is 0 Å². The molecule has 26 heavy (non-hydrogen) atoms. The molecule has 146 valence electrons. The summed E-state index contributed by atoms with van der Waals surface area (Å²) < 4.78 is 29.0.